The van der Waals surface area contributed by atoms with Crippen molar-refractivity contribution in [3.05, 3.63) is 11.8 Å². The molecular weight excluding hydrogens is 168 g/mol. The van der Waals surface area contributed by atoms with Gasteiger partial charge in [0.05, 0.1) is 18.4 Å². The van der Waals surface area contributed by atoms with Crippen molar-refractivity contribution in [2.24, 2.45) is 0 Å². The number of esters is 1. The zero-order valence-electron chi connectivity index (χ0n) is 8.38. The first kappa shape index (κ1) is 12.0. The first-order valence-corrected chi connectivity index (χ1v) is 4.70. The molecule has 13 heavy (non-hydrogen) atoms. The van der Waals surface area contributed by atoms with Crippen molar-refractivity contribution in [2.75, 3.05) is 6.61 Å². The second-order valence-corrected chi connectivity index (χ2v) is 3.01. The topological polar surface area (TPSA) is 46.5 Å². The molecule has 0 atom stereocenters. The number of carbonyl (C=O) groups is 1. The highest BCUT2D eigenvalue weighted by Gasteiger charge is 2.04. The van der Waals surface area contributed by atoms with E-state index in [1.54, 1.807) is 0 Å². The van der Waals surface area contributed by atoms with Gasteiger partial charge >= 0.3 is 5.97 Å². The maximum atomic E-state index is 11.0. The summed E-state index contributed by atoms with van der Waals surface area (Å²) >= 11 is 0. The Morgan fingerprint density at radius 1 is 1.38 bits per heavy atom. The van der Waals surface area contributed by atoms with Crippen LogP contribution in [-0.4, -0.2) is 17.7 Å². The Balaban J connectivity index is 3.38. The molecule has 0 heterocycles. The number of hydrogen-bond acceptors (Lipinski definition) is 3. The Morgan fingerprint density at radius 2 is 2.08 bits per heavy atom. The number of aliphatic hydroxyl groups excluding tert-OH is 1. The summed E-state index contributed by atoms with van der Waals surface area (Å²) in [5.74, 6) is -0.431. The van der Waals surface area contributed by atoms with Gasteiger partial charge in [0.15, 0.2) is 0 Å². The van der Waals surface area contributed by atoms with Crippen molar-refractivity contribution in [3.63, 3.8) is 0 Å². The maximum absolute atomic E-state index is 11.0. The first-order chi connectivity index (χ1) is 6.22. The van der Waals surface area contributed by atoms with Gasteiger partial charge in [0.2, 0.25) is 0 Å². The van der Waals surface area contributed by atoms with Crippen LogP contribution in [0.25, 0.3) is 0 Å². The van der Waals surface area contributed by atoms with E-state index in [9.17, 15) is 4.79 Å². The van der Waals surface area contributed by atoms with Crippen LogP contribution < -0.4 is 0 Å². The molecule has 0 aromatic heterocycles. The minimum Gasteiger partial charge on any atom is -0.515 e. The Morgan fingerprint density at radius 3 is 2.62 bits per heavy atom. The van der Waals surface area contributed by atoms with Gasteiger partial charge in [-0.2, -0.15) is 0 Å². The standard InChI is InChI=1S/C10H18O3/c1-3-4-5-6-7-13-10(12)9(2)8-11/h8,11H,3-7H2,1-2H3. The van der Waals surface area contributed by atoms with E-state index in [0.717, 1.165) is 19.1 Å². The molecule has 0 aromatic carbocycles. The highest BCUT2D eigenvalue weighted by Crippen LogP contribution is 2.01. The van der Waals surface area contributed by atoms with Crippen molar-refractivity contribution >= 4 is 5.97 Å². The van der Waals surface area contributed by atoms with Gasteiger partial charge in [0, 0.05) is 0 Å². The zero-order valence-corrected chi connectivity index (χ0v) is 8.38. The zero-order chi connectivity index (χ0) is 10.1. The van der Waals surface area contributed by atoms with E-state index in [1.807, 2.05) is 0 Å². The molecule has 0 bridgehead atoms. The van der Waals surface area contributed by atoms with Gasteiger partial charge in [-0.25, -0.2) is 4.79 Å². The summed E-state index contributed by atoms with van der Waals surface area (Å²) in [5.41, 5.74) is 0.246. The van der Waals surface area contributed by atoms with Crippen LogP contribution in [0.15, 0.2) is 11.8 Å². The Kier molecular flexibility index (Phi) is 7.07. The molecule has 0 aromatic rings. The van der Waals surface area contributed by atoms with Gasteiger partial charge < -0.3 is 9.84 Å². The summed E-state index contributed by atoms with van der Waals surface area (Å²) < 4.78 is 4.87. The van der Waals surface area contributed by atoms with Crippen LogP contribution in [-0.2, 0) is 9.53 Å². The lowest BCUT2D eigenvalue weighted by Gasteiger charge is -2.03. The Labute approximate surface area is 79.4 Å². The molecule has 3 nitrogen and oxygen atoms in total. The SMILES string of the molecule is CCCCCCOC(=O)C(C)=CO. The molecule has 0 saturated carbocycles. The quantitative estimate of drug-likeness (QED) is 0.300. The lowest BCUT2D eigenvalue weighted by Crippen LogP contribution is -2.06. The molecule has 0 unspecified atom stereocenters. The molecule has 76 valence electrons. The second-order valence-electron chi connectivity index (χ2n) is 3.01. The summed E-state index contributed by atoms with van der Waals surface area (Å²) in [4.78, 5) is 11.0. The van der Waals surface area contributed by atoms with Crippen LogP contribution in [0.5, 0.6) is 0 Å². The van der Waals surface area contributed by atoms with E-state index in [0.29, 0.717) is 6.61 Å². The predicted molar refractivity (Wildman–Crippen MR) is 51.5 cm³/mol. The minimum absolute atomic E-state index is 0.246. The van der Waals surface area contributed by atoms with Crippen LogP contribution >= 0.6 is 0 Å². The molecule has 0 fully saturated rings. The van der Waals surface area contributed by atoms with E-state index in [1.165, 1.54) is 19.8 Å². The summed E-state index contributed by atoms with van der Waals surface area (Å²) in [5, 5.41) is 8.48. The van der Waals surface area contributed by atoms with E-state index in [-0.39, 0.29) is 5.57 Å². The number of rotatable bonds is 6. The summed E-state index contributed by atoms with van der Waals surface area (Å²) in [6.45, 7) is 4.10. The molecule has 0 amide bonds. The average molecular weight is 186 g/mol. The number of carbonyl (C=O) groups excluding carboxylic acids is 1. The minimum atomic E-state index is -0.431. The van der Waals surface area contributed by atoms with Crippen molar-refractivity contribution < 1.29 is 14.6 Å². The summed E-state index contributed by atoms with van der Waals surface area (Å²) in [6.07, 6.45) is 5.11. The van der Waals surface area contributed by atoms with Crippen LogP contribution in [0.2, 0.25) is 0 Å². The third-order valence-electron chi connectivity index (χ3n) is 1.75. The van der Waals surface area contributed by atoms with Crippen molar-refractivity contribution in [1.82, 2.24) is 0 Å². The second kappa shape index (κ2) is 7.65. The van der Waals surface area contributed by atoms with Crippen LogP contribution in [0.1, 0.15) is 39.5 Å². The van der Waals surface area contributed by atoms with Gasteiger partial charge in [-0.1, -0.05) is 26.2 Å². The fraction of sp³-hybridized carbons (Fsp3) is 0.700. The Hall–Kier alpha value is -0.990. The Bertz CT molecular complexity index is 173. The van der Waals surface area contributed by atoms with Crippen molar-refractivity contribution in [2.45, 2.75) is 39.5 Å². The van der Waals surface area contributed by atoms with E-state index < -0.39 is 5.97 Å². The molecule has 0 aliphatic carbocycles. The van der Waals surface area contributed by atoms with Crippen LogP contribution in [0.3, 0.4) is 0 Å². The smallest absolute Gasteiger partial charge is 0.336 e. The van der Waals surface area contributed by atoms with E-state index in [2.05, 4.69) is 6.92 Å². The molecule has 0 radical (unpaired) electrons. The van der Waals surface area contributed by atoms with E-state index in [4.69, 9.17) is 9.84 Å². The number of ether oxygens (including phenoxy) is 1. The van der Waals surface area contributed by atoms with Crippen LogP contribution in [0.4, 0.5) is 0 Å². The maximum Gasteiger partial charge on any atom is 0.336 e. The molecule has 1 N–H and O–H groups in total. The van der Waals surface area contributed by atoms with Crippen molar-refractivity contribution in [3.8, 4) is 0 Å². The first-order valence-electron chi connectivity index (χ1n) is 4.70. The largest absolute Gasteiger partial charge is 0.515 e. The summed E-state index contributed by atoms with van der Waals surface area (Å²) in [6, 6.07) is 0. The van der Waals surface area contributed by atoms with Crippen molar-refractivity contribution in [1.29, 1.82) is 0 Å². The van der Waals surface area contributed by atoms with Gasteiger partial charge in [0.25, 0.3) is 0 Å². The van der Waals surface area contributed by atoms with Gasteiger partial charge in [-0.3, -0.25) is 0 Å². The van der Waals surface area contributed by atoms with Gasteiger partial charge in [-0.15, -0.1) is 0 Å². The monoisotopic (exact) mass is 186 g/mol. The molecular formula is C10H18O3. The number of aliphatic hydroxyl groups is 1. The highest BCUT2D eigenvalue weighted by molar-refractivity contribution is 5.87. The summed E-state index contributed by atoms with van der Waals surface area (Å²) in [7, 11) is 0. The van der Waals surface area contributed by atoms with Gasteiger partial charge in [0.1, 0.15) is 0 Å². The molecule has 3 heteroatoms. The third kappa shape index (κ3) is 6.20. The predicted octanol–water partition coefficient (Wildman–Crippen LogP) is 2.57. The molecule has 0 spiro atoms. The van der Waals surface area contributed by atoms with Crippen LogP contribution in [0, 0.1) is 0 Å². The normalized spacial score (nSPS) is 11.4. The average Bonchev–Trinajstić information content (AvgIpc) is 2.16. The number of hydrogen-bond donors (Lipinski definition) is 1. The van der Waals surface area contributed by atoms with E-state index >= 15 is 0 Å². The fourth-order valence-corrected chi connectivity index (χ4v) is 0.860. The molecule has 0 aliphatic rings. The third-order valence-corrected chi connectivity index (χ3v) is 1.75. The number of unbranched alkanes of at least 4 members (excludes halogenated alkanes) is 3. The van der Waals surface area contributed by atoms with Gasteiger partial charge in [-0.05, 0) is 13.3 Å². The molecule has 0 saturated heterocycles. The lowest BCUT2D eigenvalue weighted by molar-refractivity contribution is -0.139. The molecule has 0 aliphatic heterocycles. The lowest BCUT2D eigenvalue weighted by atomic mass is 10.2. The fourth-order valence-electron chi connectivity index (χ4n) is 0.860. The molecule has 0 rings (SSSR count). The highest BCUT2D eigenvalue weighted by atomic mass is 16.5.